The molecule has 154 valence electrons. The molecule has 4 aliphatic rings. The summed E-state index contributed by atoms with van der Waals surface area (Å²) in [5.74, 6) is 1.52. The van der Waals surface area contributed by atoms with E-state index in [0.29, 0.717) is 13.0 Å². The Morgan fingerprint density at radius 2 is 1.72 bits per heavy atom. The number of hydrogen-bond donors (Lipinski definition) is 3. The number of nitrogens with one attached hydrogen (secondary N) is 3. The summed E-state index contributed by atoms with van der Waals surface area (Å²) < 4.78 is 0. The van der Waals surface area contributed by atoms with E-state index in [4.69, 9.17) is 0 Å². The summed E-state index contributed by atoms with van der Waals surface area (Å²) in [6, 6.07) is 8.19. The molecule has 4 fully saturated rings. The number of benzene rings is 1. The molecule has 4 aliphatic carbocycles. The number of carbonyl (C=O) groups is 2. The molecule has 0 aliphatic heterocycles. The highest BCUT2D eigenvalue weighted by Gasteiger charge is 2.53. The van der Waals surface area contributed by atoms with E-state index in [-0.39, 0.29) is 11.5 Å². The quantitative estimate of drug-likeness (QED) is 0.680. The third-order valence-electron chi connectivity index (χ3n) is 7.91. The smallest absolute Gasteiger partial charge is 0.309 e. The highest BCUT2D eigenvalue weighted by atomic mass is 16.2. The maximum Gasteiger partial charge on any atom is 0.309 e. The van der Waals surface area contributed by atoms with Gasteiger partial charge in [0.15, 0.2) is 0 Å². The van der Waals surface area contributed by atoms with Crippen LogP contribution in [0, 0.1) is 23.2 Å². The molecule has 1 unspecified atom stereocenters. The Morgan fingerprint density at radius 1 is 1.07 bits per heavy atom. The van der Waals surface area contributed by atoms with Gasteiger partial charge in [0, 0.05) is 29.7 Å². The maximum absolute atomic E-state index is 12.5. The Bertz CT molecular complexity index is 896. The van der Waals surface area contributed by atoms with Gasteiger partial charge in [-0.1, -0.05) is 18.2 Å². The molecule has 1 atom stereocenters. The third-order valence-corrected chi connectivity index (χ3v) is 7.91. The Hall–Kier alpha value is -2.30. The van der Waals surface area contributed by atoms with Crippen LogP contribution >= 0.6 is 0 Å². The van der Waals surface area contributed by atoms with Gasteiger partial charge in [0.1, 0.15) is 0 Å². The fraction of sp³-hybridized carbons (Fsp3) is 0.583. The van der Waals surface area contributed by atoms with Crippen LogP contribution in [0.4, 0.5) is 0 Å². The molecule has 2 amide bonds. The van der Waals surface area contributed by atoms with Gasteiger partial charge in [-0.3, -0.25) is 9.59 Å². The van der Waals surface area contributed by atoms with E-state index in [1.807, 2.05) is 24.4 Å². The Balaban J connectivity index is 1.14. The summed E-state index contributed by atoms with van der Waals surface area (Å²) in [6.07, 6.45) is 10.5. The number of aromatic nitrogens is 1. The average Bonchev–Trinajstić information content (AvgIpc) is 3.10. The largest absolute Gasteiger partial charge is 0.361 e. The van der Waals surface area contributed by atoms with Gasteiger partial charge in [-0.05, 0) is 86.7 Å². The SMILES string of the molecule is CC(NC(=O)C(=O)NCCc1c[nH]c2ccccc12)C12CC3CC(CC(C3)C1)C2. The number of fused-ring (bicyclic) bond motifs is 1. The van der Waals surface area contributed by atoms with Crippen LogP contribution in [-0.4, -0.2) is 29.4 Å². The lowest BCUT2D eigenvalue weighted by Crippen LogP contribution is -2.57. The zero-order valence-corrected chi connectivity index (χ0v) is 17.2. The average molecular weight is 394 g/mol. The molecule has 4 saturated carbocycles. The highest BCUT2D eigenvalue weighted by molar-refractivity contribution is 6.35. The molecule has 0 saturated heterocycles. The molecule has 6 rings (SSSR count). The number of carbonyl (C=O) groups excluding carboxylic acids is 2. The van der Waals surface area contributed by atoms with Crippen molar-refractivity contribution in [3.05, 3.63) is 36.0 Å². The van der Waals surface area contributed by atoms with Crippen LogP contribution in [0.5, 0.6) is 0 Å². The lowest BCUT2D eigenvalue weighted by atomic mass is 9.48. The minimum absolute atomic E-state index is 0.0720. The second-order valence-electron chi connectivity index (χ2n) is 9.84. The monoisotopic (exact) mass is 393 g/mol. The molecule has 5 heteroatoms. The molecule has 3 N–H and O–H groups in total. The second-order valence-corrected chi connectivity index (χ2v) is 9.84. The summed E-state index contributed by atoms with van der Waals surface area (Å²) >= 11 is 0. The van der Waals surface area contributed by atoms with Gasteiger partial charge >= 0.3 is 11.8 Å². The van der Waals surface area contributed by atoms with Crippen molar-refractivity contribution in [2.45, 2.75) is 57.9 Å². The van der Waals surface area contributed by atoms with Crippen LogP contribution in [0.25, 0.3) is 10.9 Å². The predicted octanol–water partition coefficient (Wildman–Crippen LogP) is 3.55. The molecule has 4 bridgehead atoms. The van der Waals surface area contributed by atoms with E-state index in [2.05, 4.69) is 28.6 Å². The number of hydrogen-bond acceptors (Lipinski definition) is 2. The van der Waals surface area contributed by atoms with E-state index >= 15 is 0 Å². The van der Waals surface area contributed by atoms with Crippen molar-refractivity contribution in [2.24, 2.45) is 23.2 Å². The van der Waals surface area contributed by atoms with Gasteiger partial charge < -0.3 is 15.6 Å². The topological polar surface area (TPSA) is 74.0 Å². The van der Waals surface area contributed by atoms with Gasteiger partial charge in [0.2, 0.25) is 0 Å². The standard InChI is InChI=1S/C24H31N3O2/c1-15(24-11-16-8-17(12-24)10-18(9-16)13-24)27-23(29)22(28)25-7-6-19-14-26-21-5-3-2-4-20(19)21/h2-5,14-18,26H,6-13H2,1H3,(H,25,28)(H,27,29). The summed E-state index contributed by atoms with van der Waals surface area (Å²) in [7, 11) is 0. The lowest BCUT2D eigenvalue weighted by molar-refractivity contribution is -0.141. The van der Waals surface area contributed by atoms with Gasteiger partial charge in [-0.2, -0.15) is 0 Å². The van der Waals surface area contributed by atoms with E-state index in [1.165, 1.54) is 43.9 Å². The number of H-pyrrole nitrogens is 1. The first-order valence-corrected chi connectivity index (χ1v) is 11.2. The summed E-state index contributed by atoms with van der Waals surface area (Å²) in [6.45, 7) is 2.57. The van der Waals surface area contributed by atoms with Crippen molar-refractivity contribution in [3.63, 3.8) is 0 Å². The van der Waals surface area contributed by atoms with E-state index in [9.17, 15) is 9.59 Å². The van der Waals surface area contributed by atoms with E-state index < -0.39 is 11.8 Å². The first-order chi connectivity index (χ1) is 14.0. The minimum Gasteiger partial charge on any atom is -0.361 e. The third kappa shape index (κ3) is 3.45. The summed E-state index contributed by atoms with van der Waals surface area (Å²) in [4.78, 5) is 28.1. The second kappa shape index (κ2) is 7.19. The zero-order valence-electron chi connectivity index (χ0n) is 17.2. The van der Waals surface area contributed by atoms with Crippen LogP contribution in [0.2, 0.25) is 0 Å². The van der Waals surface area contributed by atoms with E-state index in [1.54, 1.807) is 0 Å². The van der Waals surface area contributed by atoms with Crippen molar-refractivity contribution in [3.8, 4) is 0 Å². The van der Waals surface area contributed by atoms with Crippen molar-refractivity contribution >= 4 is 22.7 Å². The van der Waals surface area contributed by atoms with Crippen molar-refractivity contribution in [1.29, 1.82) is 0 Å². The summed E-state index contributed by atoms with van der Waals surface area (Å²) in [5, 5.41) is 7.02. The molecule has 1 aromatic carbocycles. The number of rotatable bonds is 5. The van der Waals surface area contributed by atoms with Crippen LogP contribution in [-0.2, 0) is 16.0 Å². The van der Waals surface area contributed by atoms with Crippen LogP contribution in [0.1, 0.15) is 51.0 Å². The molecular weight excluding hydrogens is 362 g/mol. The normalized spacial score (nSPS) is 31.0. The number of amides is 2. The van der Waals surface area contributed by atoms with Gasteiger partial charge in [-0.25, -0.2) is 0 Å². The molecule has 0 spiro atoms. The first kappa shape index (κ1) is 18.7. The van der Waals surface area contributed by atoms with Gasteiger partial charge in [0.25, 0.3) is 0 Å². The fourth-order valence-corrected chi connectivity index (χ4v) is 6.85. The van der Waals surface area contributed by atoms with Crippen molar-refractivity contribution in [2.75, 3.05) is 6.54 Å². The predicted molar refractivity (Wildman–Crippen MR) is 113 cm³/mol. The lowest BCUT2D eigenvalue weighted by Gasteiger charge is -2.59. The van der Waals surface area contributed by atoms with E-state index in [0.717, 1.165) is 28.8 Å². The van der Waals surface area contributed by atoms with Crippen LogP contribution in [0.3, 0.4) is 0 Å². The maximum atomic E-state index is 12.5. The zero-order chi connectivity index (χ0) is 20.0. The first-order valence-electron chi connectivity index (χ1n) is 11.2. The highest BCUT2D eigenvalue weighted by Crippen LogP contribution is 2.61. The molecule has 1 aromatic heterocycles. The Labute approximate surface area is 172 Å². The Kier molecular flexibility index (Phi) is 4.64. The minimum atomic E-state index is -0.513. The number of aromatic amines is 1. The molecule has 0 radical (unpaired) electrons. The number of para-hydroxylation sites is 1. The molecule has 5 nitrogen and oxygen atoms in total. The fourth-order valence-electron chi connectivity index (χ4n) is 6.85. The van der Waals surface area contributed by atoms with Crippen molar-refractivity contribution < 1.29 is 9.59 Å². The van der Waals surface area contributed by atoms with Crippen molar-refractivity contribution in [1.82, 2.24) is 15.6 Å². The molecule has 29 heavy (non-hydrogen) atoms. The summed E-state index contributed by atoms with van der Waals surface area (Å²) in [5.41, 5.74) is 2.47. The molecule has 2 aromatic rings. The van der Waals surface area contributed by atoms with Crippen LogP contribution in [0.15, 0.2) is 30.5 Å². The molecule has 1 heterocycles. The van der Waals surface area contributed by atoms with Crippen LogP contribution < -0.4 is 10.6 Å². The van der Waals surface area contributed by atoms with Gasteiger partial charge in [0.05, 0.1) is 0 Å². The Morgan fingerprint density at radius 3 is 2.41 bits per heavy atom. The molecular formula is C24H31N3O2. The van der Waals surface area contributed by atoms with Gasteiger partial charge in [-0.15, -0.1) is 0 Å².